The Balaban J connectivity index is 2.76. The molecule has 0 aromatic carbocycles. The van der Waals surface area contributed by atoms with Gasteiger partial charge in [-0.05, 0) is 39.8 Å². The molecule has 0 saturated heterocycles. The Hall–Kier alpha value is -0.813. The van der Waals surface area contributed by atoms with E-state index < -0.39 is 8.41 Å². The van der Waals surface area contributed by atoms with Crippen LogP contribution in [-0.2, 0) is 14.2 Å². The zero-order valence-electron chi connectivity index (χ0n) is 11.0. The number of rotatable bonds is 9. The quantitative estimate of drug-likeness (QED) is 0.635. The molecule has 0 unspecified atom stereocenters. The molecule has 0 spiro atoms. The average Bonchev–Trinajstić information content (AvgIpc) is 2.34. The predicted octanol–water partition coefficient (Wildman–Crippen LogP) is 1.42. The van der Waals surface area contributed by atoms with Gasteiger partial charge in [-0.25, -0.2) is 0 Å². The van der Waals surface area contributed by atoms with E-state index >= 15 is 0 Å². The Morgan fingerprint density at radius 1 is 1.00 bits per heavy atom. The first-order valence-corrected chi connectivity index (χ1v) is 8.07. The van der Waals surface area contributed by atoms with E-state index in [9.17, 15) is 0 Å². The largest absolute Gasteiger partial charge is 0.495 e. The molecule has 2 N–H and O–H groups in total. The summed E-state index contributed by atoms with van der Waals surface area (Å²) in [6.07, 6.45) is 1.01. The highest BCUT2D eigenvalue weighted by molar-refractivity contribution is 6.82. The van der Waals surface area contributed by atoms with E-state index in [1.54, 1.807) is 0 Å². The number of hydrogen-bond donors (Lipinski definition) is 1. The van der Waals surface area contributed by atoms with Crippen LogP contribution in [0.1, 0.15) is 27.2 Å². The smallest absolute Gasteiger partial charge is 0.192 e. The van der Waals surface area contributed by atoms with E-state index in [2.05, 4.69) is 0 Å². The second-order valence-corrected chi connectivity index (χ2v) is 6.02. The maximum absolute atomic E-state index is 5.69. The molecule has 0 radical (unpaired) electrons. The zero-order valence-corrected chi connectivity index (χ0v) is 12.0. The van der Waals surface area contributed by atoms with Gasteiger partial charge in [0.25, 0.3) is 0 Å². The summed E-state index contributed by atoms with van der Waals surface area (Å²) < 4.78 is 17.0. The van der Waals surface area contributed by atoms with E-state index in [0.717, 1.165) is 35.5 Å². The van der Waals surface area contributed by atoms with Crippen molar-refractivity contribution >= 4 is 13.8 Å². The van der Waals surface area contributed by atoms with Crippen LogP contribution in [0.25, 0.3) is 0 Å². The molecule has 0 atom stereocenters. The van der Waals surface area contributed by atoms with E-state index in [1.165, 1.54) is 0 Å². The lowest BCUT2D eigenvalue weighted by Gasteiger charge is -2.29. The van der Waals surface area contributed by atoms with Crippen LogP contribution in [-0.4, -0.2) is 40.1 Å². The van der Waals surface area contributed by atoms with Gasteiger partial charge in [-0.3, -0.25) is 0 Å². The van der Waals surface area contributed by atoms with Crippen molar-refractivity contribution in [2.75, 3.05) is 26.4 Å². The maximum Gasteiger partial charge on any atom is 0.192 e. The second kappa shape index (κ2) is 7.50. The molecule has 1 aliphatic heterocycles. The van der Waals surface area contributed by atoms with Crippen LogP contribution in [0.4, 0.5) is 0 Å². The van der Waals surface area contributed by atoms with Crippen molar-refractivity contribution in [3.05, 3.63) is 11.1 Å². The molecule has 0 aliphatic carbocycles. The lowest BCUT2D eigenvalue weighted by molar-refractivity contribution is 0.177. The maximum atomic E-state index is 5.69. The van der Waals surface area contributed by atoms with Crippen molar-refractivity contribution in [3.63, 3.8) is 0 Å². The number of ether oxygens (including phenoxy) is 3. The first kappa shape index (κ1) is 14.2. The zero-order chi connectivity index (χ0) is 12.7. The molecule has 0 fully saturated rings. The Labute approximate surface area is 105 Å². The van der Waals surface area contributed by atoms with Gasteiger partial charge >= 0.3 is 0 Å². The fourth-order valence-corrected chi connectivity index (χ4v) is 4.38. The minimum Gasteiger partial charge on any atom is -0.495 e. The van der Waals surface area contributed by atoms with Gasteiger partial charge in [0, 0.05) is 0 Å². The third-order valence-electron chi connectivity index (χ3n) is 2.46. The lowest BCUT2D eigenvalue weighted by atomic mass is 10.5. The summed E-state index contributed by atoms with van der Waals surface area (Å²) in [5.41, 5.74) is 5.57. The lowest BCUT2D eigenvalue weighted by Crippen LogP contribution is -2.37. The Kier molecular flexibility index (Phi) is 6.29. The minimum absolute atomic E-state index is 0.647. The Morgan fingerprint density at radius 2 is 1.65 bits per heavy atom. The fourth-order valence-electron chi connectivity index (χ4n) is 1.79. The van der Waals surface area contributed by atoms with Gasteiger partial charge in [-0.2, -0.15) is 0 Å². The van der Waals surface area contributed by atoms with Crippen LogP contribution in [0.15, 0.2) is 11.1 Å². The van der Waals surface area contributed by atoms with E-state index in [0.29, 0.717) is 19.8 Å². The highest BCUT2D eigenvalue weighted by Crippen LogP contribution is 2.24. The summed E-state index contributed by atoms with van der Waals surface area (Å²) in [7, 11) is -0.836. The molecule has 0 aromatic rings. The monoisotopic (exact) mass is 257 g/mol. The summed E-state index contributed by atoms with van der Waals surface area (Å²) in [5, 5.41) is 2.08. The Bertz CT molecular complexity index is 313. The van der Waals surface area contributed by atoms with Gasteiger partial charge in [0.1, 0.15) is 10.7 Å². The predicted molar refractivity (Wildman–Crippen MR) is 71.1 cm³/mol. The molecule has 17 heavy (non-hydrogen) atoms. The molecular weight excluding hydrogens is 234 g/mol. The van der Waals surface area contributed by atoms with E-state index in [1.807, 2.05) is 20.8 Å². The number of nitrogens with two attached hydrogens (primary N) is 1. The first-order valence-electron chi connectivity index (χ1n) is 6.36. The highest BCUT2D eigenvalue weighted by Gasteiger charge is 2.34. The van der Waals surface area contributed by atoms with E-state index in [4.69, 9.17) is 19.9 Å². The van der Waals surface area contributed by atoms with Crippen LogP contribution in [0.2, 0.25) is 6.04 Å². The van der Waals surface area contributed by atoms with E-state index in [-0.39, 0.29) is 0 Å². The van der Waals surface area contributed by atoms with Gasteiger partial charge in [-0.15, -0.1) is 0 Å². The van der Waals surface area contributed by atoms with Gasteiger partial charge in [0.2, 0.25) is 0 Å². The van der Waals surface area contributed by atoms with Gasteiger partial charge < -0.3 is 19.9 Å². The van der Waals surface area contributed by atoms with Crippen LogP contribution < -0.4 is 5.73 Å². The second-order valence-electron chi connectivity index (χ2n) is 3.66. The SMILES string of the molecule is CCOC1=C(OCC)[Si](CCCN)=C1OCC. The van der Waals surface area contributed by atoms with Crippen LogP contribution in [0, 0.1) is 0 Å². The van der Waals surface area contributed by atoms with Crippen LogP contribution in [0.5, 0.6) is 0 Å². The van der Waals surface area contributed by atoms with Crippen molar-refractivity contribution in [1.82, 2.24) is 0 Å². The topological polar surface area (TPSA) is 53.7 Å². The molecule has 1 aliphatic rings. The molecule has 1 rings (SSSR count). The molecular formula is C12H23NO3Si. The van der Waals surface area contributed by atoms with Gasteiger partial charge in [-0.1, -0.05) is 0 Å². The average molecular weight is 257 g/mol. The summed E-state index contributed by atoms with van der Waals surface area (Å²) in [6, 6.07) is 1.07. The van der Waals surface area contributed by atoms with Crippen molar-refractivity contribution in [2.45, 2.75) is 33.2 Å². The summed E-state index contributed by atoms with van der Waals surface area (Å²) in [5.74, 6) is 0.849. The van der Waals surface area contributed by atoms with Crippen LogP contribution in [0.3, 0.4) is 0 Å². The van der Waals surface area contributed by atoms with Gasteiger partial charge in [0.05, 0.1) is 19.8 Å². The molecule has 0 amide bonds. The standard InChI is InChI=1S/C12H23NO3Si/c1-4-14-10-11(15-5-2)17(9-7-8-13)12(10)16-6-3/h4-9,13H2,1-3H3. The molecule has 1 heterocycles. The molecule has 98 valence electrons. The molecule has 4 nitrogen and oxygen atoms in total. The third kappa shape index (κ3) is 3.32. The third-order valence-corrected chi connectivity index (χ3v) is 5.15. The van der Waals surface area contributed by atoms with Crippen molar-refractivity contribution in [3.8, 4) is 0 Å². The normalized spacial score (nSPS) is 14.8. The summed E-state index contributed by atoms with van der Waals surface area (Å²) in [6.45, 7) is 8.70. The minimum atomic E-state index is -0.836. The van der Waals surface area contributed by atoms with Crippen molar-refractivity contribution < 1.29 is 14.2 Å². The highest BCUT2D eigenvalue weighted by atomic mass is 28.2. The molecule has 5 heteroatoms. The van der Waals surface area contributed by atoms with Crippen molar-refractivity contribution in [2.24, 2.45) is 5.73 Å². The first-order chi connectivity index (χ1) is 8.29. The molecule has 0 bridgehead atoms. The summed E-state index contributed by atoms with van der Waals surface area (Å²) in [4.78, 5) is 0. The fraction of sp³-hybridized carbons (Fsp3) is 0.750. The Morgan fingerprint density at radius 3 is 2.18 bits per heavy atom. The van der Waals surface area contributed by atoms with Gasteiger partial charge in [0.15, 0.2) is 14.2 Å². The van der Waals surface area contributed by atoms with Crippen molar-refractivity contribution in [1.29, 1.82) is 0 Å². The summed E-state index contributed by atoms with van der Waals surface area (Å²) >= 11 is 0. The molecule has 0 aromatic heterocycles. The number of hydrogen-bond acceptors (Lipinski definition) is 4. The molecule has 0 saturated carbocycles. The van der Waals surface area contributed by atoms with Crippen LogP contribution >= 0.6 is 0 Å².